The first-order valence-corrected chi connectivity index (χ1v) is 6.21. The highest BCUT2D eigenvalue weighted by molar-refractivity contribution is 5.49. The molecule has 1 aliphatic heterocycles. The summed E-state index contributed by atoms with van der Waals surface area (Å²) < 4.78 is 16.6. The van der Waals surface area contributed by atoms with Crippen LogP contribution in [0, 0.1) is 0 Å². The first-order valence-electron chi connectivity index (χ1n) is 6.21. The van der Waals surface area contributed by atoms with Gasteiger partial charge in [0.2, 0.25) is 11.8 Å². The van der Waals surface area contributed by atoms with E-state index in [0.717, 1.165) is 12.8 Å². The molecule has 1 aliphatic rings. The van der Waals surface area contributed by atoms with Crippen LogP contribution in [0.2, 0.25) is 0 Å². The van der Waals surface area contributed by atoms with Gasteiger partial charge >= 0.3 is 0 Å². The van der Waals surface area contributed by atoms with Crippen LogP contribution in [0.1, 0.15) is 26.7 Å². The van der Waals surface area contributed by atoms with Crippen LogP contribution in [0.3, 0.4) is 0 Å². The van der Waals surface area contributed by atoms with Crippen LogP contribution in [0.25, 0.3) is 0 Å². The standard InChI is InChI=1S/C13H20N2O3/c1-8-6-10(7-9(2)17-8)18-13-11(14)4-5-12(15-13)16-3/h4-5,8-10H,6-7,14H2,1-3H3. The smallest absolute Gasteiger partial charge is 0.240 e. The highest BCUT2D eigenvalue weighted by Crippen LogP contribution is 2.27. The fraction of sp³-hybridized carbons (Fsp3) is 0.615. The van der Waals surface area contributed by atoms with Gasteiger partial charge in [0.05, 0.1) is 25.0 Å². The normalized spacial score (nSPS) is 27.8. The van der Waals surface area contributed by atoms with E-state index in [1.54, 1.807) is 19.2 Å². The topological polar surface area (TPSA) is 66.6 Å². The molecule has 0 radical (unpaired) electrons. The van der Waals surface area contributed by atoms with E-state index in [1.165, 1.54) is 0 Å². The zero-order valence-electron chi connectivity index (χ0n) is 11.1. The minimum Gasteiger partial charge on any atom is -0.481 e. The van der Waals surface area contributed by atoms with Crippen molar-refractivity contribution in [1.29, 1.82) is 0 Å². The maximum atomic E-state index is 5.87. The molecule has 0 aliphatic carbocycles. The van der Waals surface area contributed by atoms with Crippen molar-refractivity contribution in [2.24, 2.45) is 0 Å². The van der Waals surface area contributed by atoms with E-state index in [1.807, 2.05) is 13.8 Å². The van der Waals surface area contributed by atoms with E-state index >= 15 is 0 Å². The SMILES string of the molecule is COc1ccc(N)c(OC2CC(C)OC(C)C2)n1. The summed E-state index contributed by atoms with van der Waals surface area (Å²) in [6.45, 7) is 4.10. The van der Waals surface area contributed by atoms with E-state index in [-0.39, 0.29) is 18.3 Å². The molecule has 0 spiro atoms. The fourth-order valence-corrected chi connectivity index (χ4v) is 2.24. The lowest BCUT2D eigenvalue weighted by Crippen LogP contribution is -2.36. The van der Waals surface area contributed by atoms with Gasteiger partial charge in [-0.15, -0.1) is 0 Å². The molecule has 2 rings (SSSR count). The molecule has 0 bridgehead atoms. The minimum atomic E-state index is 0.0886. The maximum absolute atomic E-state index is 5.87. The van der Waals surface area contributed by atoms with Gasteiger partial charge < -0.3 is 19.9 Å². The summed E-state index contributed by atoms with van der Waals surface area (Å²) in [4.78, 5) is 4.22. The van der Waals surface area contributed by atoms with Gasteiger partial charge in [0.25, 0.3) is 0 Å². The van der Waals surface area contributed by atoms with Crippen molar-refractivity contribution in [3.63, 3.8) is 0 Å². The molecule has 1 aromatic rings. The molecule has 0 saturated carbocycles. The van der Waals surface area contributed by atoms with Gasteiger partial charge in [-0.2, -0.15) is 4.98 Å². The molecule has 2 atom stereocenters. The summed E-state index contributed by atoms with van der Waals surface area (Å²) in [5, 5.41) is 0. The Balaban J connectivity index is 2.08. The van der Waals surface area contributed by atoms with E-state index in [4.69, 9.17) is 19.9 Å². The second-order valence-corrected chi connectivity index (χ2v) is 4.72. The van der Waals surface area contributed by atoms with Gasteiger partial charge in [-0.3, -0.25) is 0 Å². The molecule has 2 heterocycles. The van der Waals surface area contributed by atoms with Gasteiger partial charge in [0.1, 0.15) is 6.10 Å². The number of hydrogen-bond acceptors (Lipinski definition) is 5. The second-order valence-electron chi connectivity index (χ2n) is 4.72. The number of hydrogen-bond donors (Lipinski definition) is 1. The monoisotopic (exact) mass is 252 g/mol. The quantitative estimate of drug-likeness (QED) is 0.891. The molecule has 2 N–H and O–H groups in total. The summed E-state index contributed by atoms with van der Waals surface area (Å²) >= 11 is 0. The van der Waals surface area contributed by atoms with Crippen molar-refractivity contribution < 1.29 is 14.2 Å². The van der Waals surface area contributed by atoms with Crippen molar-refractivity contribution in [3.8, 4) is 11.8 Å². The summed E-state index contributed by atoms with van der Waals surface area (Å²) in [7, 11) is 1.57. The Hall–Kier alpha value is -1.49. The number of rotatable bonds is 3. The minimum absolute atomic E-state index is 0.0886. The maximum Gasteiger partial charge on any atom is 0.240 e. The van der Waals surface area contributed by atoms with Crippen molar-refractivity contribution in [2.45, 2.75) is 45.0 Å². The van der Waals surface area contributed by atoms with E-state index < -0.39 is 0 Å². The molecule has 0 amide bonds. The highest BCUT2D eigenvalue weighted by Gasteiger charge is 2.26. The number of nitrogens with zero attached hydrogens (tertiary/aromatic N) is 1. The molecule has 0 aromatic carbocycles. The Labute approximate surface area is 107 Å². The summed E-state index contributed by atoms with van der Waals surface area (Å²) in [5.41, 5.74) is 6.39. The van der Waals surface area contributed by atoms with Crippen LogP contribution in [0.4, 0.5) is 5.69 Å². The van der Waals surface area contributed by atoms with Gasteiger partial charge in [0, 0.05) is 18.9 Å². The number of aromatic nitrogens is 1. The molecule has 1 aromatic heterocycles. The van der Waals surface area contributed by atoms with Crippen LogP contribution < -0.4 is 15.2 Å². The number of pyridine rings is 1. The molecule has 2 unspecified atom stereocenters. The van der Waals surface area contributed by atoms with Crippen LogP contribution in [-0.2, 0) is 4.74 Å². The Morgan fingerprint density at radius 2 is 1.94 bits per heavy atom. The zero-order chi connectivity index (χ0) is 13.1. The molecule has 5 nitrogen and oxygen atoms in total. The van der Waals surface area contributed by atoms with Crippen LogP contribution >= 0.6 is 0 Å². The van der Waals surface area contributed by atoms with E-state index in [9.17, 15) is 0 Å². The molecule has 100 valence electrons. The molecule has 5 heteroatoms. The second kappa shape index (κ2) is 5.44. The van der Waals surface area contributed by atoms with Gasteiger partial charge in [-0.1, -0.05) is 0 Å². The summed E-state index contributed by atoms with van der Waals surface area (Å²) in [6.07, 6.45) is 2.19. The first-order chi connectivity index (χ1) is 8.58. The lowest BCUT2D eigenvalue weighted by molar-refractivity contribution is -0.0728. The molecular formula is C13H20N2O3. The largest absolute Gasteiger partial charge is 0.481 e. The third-order valence-corrected chi connectivity index (χ3v) is 3.01. The number of nitrogen functional groups attached to an aromatic ring is 1. The number of anilines is 1. The molecular weight excluding hydrogens is 232 g/mol. The Morgan fingerprint density at radius 3 is 2.56 bits per heavy atom. The van der Waals surface area contributed by atoms with Gasteiger partial charge in [0.15, 0.2) is 0 Å². The molecule has 1 saturated heterocycles. The highest BCUT2D eigenvalue weighted by atomic mass is 16.5. The first kappa shape index (κ1) is 13.0. The van der Waals surface area contributed by atoms with Crippen molar-refractivity contribution >= 4 is 5.69 Å². The average Bonchev–Trinajstić information content (AvgIpc) is 2.30. The summed E-state index contributed by atoms with van der Waals surface area (Å²) in [5.74, 6) is 0.952. The van der Waals surface area contributed by atoms with Crippen molar-refractivity contribution in [1.82, 2.24) is 4.98 Å². The van der Waals surface area contributed by atoms with E-state index in [0.29, 0.717) is 17.4 Å². The lowest BCUT2D eigenvalue weighted by Gasteiger charge is -2.32. The van der Waals surface area contributed by atoms with Crippen molar-refractivity contribution in [2.75, 3.05) is 12.8 Å². The zero-order valence-corrected chi connectivity index (χ0v) is 11.1. The van der Waals surface area contributed by atoms with Crippen LogP contribution in [0.15, 0.2) is 12.1 Å². The third-order valence-electron chi connectivity index (χ3n) is 3.01. The number of ether oxygens (including phenoxy) is 3. The average molecular weight is 252 g/mol. The summed E-state index contributed by atoms with van der Waals surface area (Å²) in [6, 6.07) is 3.46. The van der Waals surface area contributed by atoms with Crippen molar-refractivity contribution in [3.05, 3.63) is 12.1 Å². The van der Waals surface area contributed by atoms with Crippen LogP contribution in [-0.4, -0.2) is 30.4 Å². The fourth-order valence-electron chi connectivity index (χ4n) is 2.24. The third kappa shape index (κ3) is 3.04. The predicted molar refractivity (Wildman–Crippen MR) is 68.9 cm³/mol. The molecule has 18 heavy (non-hydrogen) atoms. The van der Waals surface area contributed by atoms with Gasteiger partial charge in [-0.25, -0.2) is 0 Å². The number of methoxy groups -OCH3 is 1. The Bertz CT molecular complexity index is 401. The van der Waals surface area contributed by atoms with Gasteiger partial charge in [-0.05, 0) is 19.9 Å². The number of nitrogens with two attached hydrogens (primary N) is 1. The van der Waals surface area contributed by atoms with E-state index in [2.05, 4.69) is 4.98 Å². The van der Waals surface area contributed by atoms with Crippen LogP contribution in [0.5, 0.6) is 11.8 Å². The Kier molecular flexibility index (Phi) is 3.91. The molecule has 1 fully saturated rings. The predicted octanol–water partition coefficient (Wildman–Crippen LogP) is 2.01. The Morgan fingerprint density at radius 1 is 1.28 bits per heavy atom. The lowest BCUT2D eigenvalue weighted by atomic mass is 10.0.